The van der Waals surface area contributed by atoms with E-state index < -0.39 is 0 Å². The van der Waals surface area contributed by atoms with Crippen molar-refractivity contribution in [3.8, 4) is 0 Å². The van der Waals surface area contributed by atoms with Crippen LogP contribution in [0, 0.1) is 0 Å². The molecule has 0 amide bonds. The Kier molecular flexibility index (Phi) is 4.05. The van der Waals surface area contributed by atoms with Crippen molar-refractivity contribution >= 4 is 0 Å². The number of hydrogen-bond donors (Lipinski definition) is 2. The van der Waals surface area contributed by atoms with Gasteiger partial charge >= 0.3 is 0 Å². The Hall–Kier alpha value is -0.900. The molecule has 0 bridgehead atoms. The van der Waals surface area contributed by atoms with Gasteiger partial charge in [0.2, 0.25) is 0 Å². The van der Waals surface area contributed by atoms with E-state index >= 15 is 0 Å². The quantitative estimate of drug-likeness (QED) is 0.622. The van der Waals surface area contributed by atoms with Crippen LogP contribution in [0.15, 0.2) is 24.3 Å². The van der Waals surface area contributed by atoms with Crippen molar-refractivity contribution in [1.82, 2.24) is 5.43 Å². The minimum Gasteiger partial charge on any atom is -0.377 e. The van der Waals surface area contributed by atoms with Crippen LogP contribution in [0.4, 0.5) is 0 Å². The van der Waals surface area contributed by atoms with Crippen molar-refractivity contribution < 1.29 is 4.74 Å². The van der Waals surface area contributed by atoms with E-state index in [4.69, 9.17) is 10.6 Å². The molecule has 1 aromatic rings. The molecule has 1 unspecified atom stereocenters. The fourth-order valence-electron chi connectivity index (χ4n) is 2.65. The average Bonchev–Trinajstić information content (AvgIpc) is 2.30. The Labute approximate surface area is 110 Å². The highest BCUT2D eigenvalue weighted by Crippen LogP contribution is 2.41. The Balaban J connectivity index is 2.35. The number of methoxy groups -OCH3 is 1. The van der Waals surface area contributed by atoms with Gasteiger partial charge in [0.05, 0.1) is 11.6 Å². The summed E-state index contributed by atoms with van der Waals surface area (Å²) in [6.45, 7) is 4.13. The maximum absolute atomic E-state index is 5.76. The van der Waals surface area contributed by atoms with Crippen LogP contribution in [0.5, 0.6) is 0 Å². The molecule has 1 saturated carbocycles. The molecule has 0 aromatic heterocycles. The molecular formula is C15H24N2O. The Morgan fingerprint density at radius 2 is 2.00 bits per heavy atom. The summed E-state index contributed by atoms with van der Waals surface area (Å²) in [5.41, 5.74) is 5.31. The first-order valence-electron chi connectivity index (χ1n) is 6.70. The molecule has 3 heteroatoms. The third kappa shape index (κ3) is 2.44. The number of nitrogens with one attached hydrogen (secondary N) is 1. The largest absolute Gasteiger partial charge is 0.377 e. The zero-order chi connectivity index (χ0) is 13.2. The van der Waals surface area contributed by atoms with E-state index in [9.17, 15) is 0 Å². The molecule has 0 heterocycles. The Morgan fingerprint density at radius 3 is 2.50 bits per heavy atom. The van der Waals surface area contributed by atoms with E-state index in [1.807, 2.05) is 0 Å². The van der Waals surface area contributed by atoms with Crippen LogP contribution in [0.3, 0.4) is 0 Å². The van der Waals surface area contributed by atoms with Gasteiger partial charge in [-0.15, -0.1) is 0 Å². The lowest BCUT2D eigenvalue weighted by Crippen LogP contribution is -2.44. The summed E-state index contributed by atoms with van der Waals surface area (Å²) < 4.78 is 5.59. The summed E-state index contributed by atoms with van der Waals surface area (Å²) in [6, 6.07) is 8.60. The van der Waals surface area contributed by atoms with Crippen LogP contribution in [0.2, 0.25) is 0 Å². The topological polar surface area (TPSA) is 47.3 Å². The predicted molar refractivity (Wildman–Crippen MR) is 74.2 cm³/mol. The normalized spacial score (nSPS) is 18.4. The number of hydrogen-bond acceptors (Lipinski definition) is 3. The van der Waals surface area contributed by atoms with Crippen LogP contribution in [-0.4, -0.2) is 12.7 Å². The molecule has 3 nitrogen and oxygen atoms in total. The molecule has 1 aromatic carbocycles. The maximum Gasteiger partial charge on any atom is 0.0829 e. The van der Waals surface area contributed by atoms with E-state index in [0.717, 1.165) is 0 Å². The summed E-state index contributed by atoms with van der Waals surface area (Å²) in [5, 5.41) is 0. The van der Waals surface area contributed by atoms with Crippen molar-refractivity contribution in [2.45, 2.75) is 50.7 Å². The molecule has 100 valence electrons. The van der Waals surface area contributed by atoms with E-state index in [1.54, 1.807) is 7.11 Å². The highest BCUT2D eigenvalue weighted by Gasteiger charge is 2.33. The first kappa shape index (κ1) is 13.5. The molecular weight excluding hydrogens is 224 g/mol. The van der Waals surface area contributed by atoms with Crippen molar-refractivity contribution in [3.63, 3.8) is 0 Å². The molecule has 0 spiro atoms. The molecule has 0 radical (unpaired) electrons. The van der Waals surface area contributed by atoms with Gasteiger partial charge in [0.15, 0.2) is 0 Å². The van der Waals surface area contributed by atoms with Gasteiger partial charge in [-0.05, 0) is 43.7 Å². The Bertz CT molecular complexity index is 399. The molecule has 3 N–H and O–H groups in total. The van der Waals surface area contributed by atoms with E-state index in [1.165, 1.54) is 30.4 Å². The number of rotatable bonds is 5. The van der Waals surface area contributed by atoms with Crippen LogP contribution >= 0.6 is 0 Å². The van der Waals surface area contributed by atoms with E-state index in [2.05, 4.69) is 43.5 Å². The third-order valence-electron chi connectivity index (χ3n) is 4.24. The summed E-state index contributed by atoms with van der Waals surface area (Å²) in [4.78, 5) is 0. The molecule has 1 fully saturated rings. The predicted octanol–water partition coefficient (Wildman–Crippen LogP) is 2.88. The van der Waals surface area contributed by atoms with Crippen LogP contribution in [0.1, 0.15) is 56.2 Å². The second-order valence-corrected chi connectivity index (χ2v) is 5.66. The first-order valence-corrected chi connectivity index (χ1v) is 6.70. The van der Waals surface area contributed by atoms with Gasteiger partial charge in [0.1, 0.15) is 0 Å². The van der Waals surface area contributed by atoms with Crippen molar-refractivity contribution in [1.29, 1.82) is 0 Å². The molecule has 18 heavy (non-hydrogen) atoms. The average molecular weight is 248 g/mol. The first-order chi connectivity index (χ1) is 8.60. The standard InChI is InChI=1S/C15H24N2O/c1-15(2,18-3)14(17-16)13-10-5-4-9-12(13)11-7-6-8-11/h4-5,9-11,14,17H,6-8,16H2,1-3H3. The zero-order valence-corrected chi connectivity index (χ0v) is 11.6. The third-order valence-corrected chi connectivity index (χ3v) is 4.24. The number of hydrazine groups is 1. The molecule has 1 atom stereocenters. The number of benzene rings is 1. The minimum absolute atomic E-state index is 0.0132. The number of nitrogens with two attached hydrogens (primary N) is 1. The monoisotopic (exact) mass is 248 g/mol. The highest BCUT2D eigenvalue weighted by molar-refractivity contribution is 5.35. The van der Waals surface area contributed by atoms with Gasteiger partial charge in [-0.3, -0.25) is 11.3 Å². The summed E-state index contributed by atoms with van der Waals surface area (Å²) in [5.74, 6) is 6.46. The minimum atomic E-state index is -0.325. The van der Waals surface area contributed by atoms with Crippen molar-refractivity contribution in [2.24, 2.45) is 5.84 Å². The summed E-state index contributed by atoms with van der Waals surface area (Å²) in [7, 11) is 1.73. The van der Waals surface area contributed by atoms with Gasteiger partial charge < -0.3 is 4.74 Å². The second kappa shape index (κ2) is 5.39. The maximum atomic E-state index is 5.76. The smallest absolute Gasteiger partial charge is 0.0829 e. The van der Waals surface area contributed by atoms with Crippen LogP contribution < -0.4 is 11.3 Å². The lowest BCUT2D eigenvalue weighted by atomic mass is 9.75. The van der Waals surface area contributed by atoms with Gasteiger partial charge in [0, 0.05) is 7.11 Å². The van der Waals surface area contributed by atoms with E-state index in [-0.39, 0.29) is 11.6 Å². The van der Waals surface area contributed by atoms with Gasteiger partial charge in [-0.2, -0.15) is 0 Å². The fourth-order valence-corrected chi connectivity index (χ4v) is 2.65. The van der Waals surface area contributed by atoms with Gasteiger partial charge in [-0.25, -0.2) is 0 Å². The molecule has 0 saturated heterocycles. The number of ether oxygens (including phenoxy) is 1. The zero-order valence-electron chi connectivity index (χ0n) is 11.6. The van der Waals surface area contributed by atoms with Crippen molar-refractivity contribution in [3.05, 3.63) is 35.4 Å². The van der Waals surface area contributed by atoms with E-state index in [0.29, 0.717) is 5.92 Å². The lowest BCUT2D eigenvalue weighted by Gasteiger charge is -2.36. The highest BCUT2D eigenvalue weighted by atomic mass is 16.5. The van der Waals surface area contributed by atoms with Gasteiger partial charge in [-0.1, -0.05) is 30.7 Å². The van der Waals surface area contributed by atoms with Crippen LogP contribution in [0.25, 0.3) is 0 Å². The van der Waals surface area contributed by atoms with Crippen molar-refractivity contribution in [2.75, 3.05) is 7.11 Å². The summed E-state index contributed by atoms with van der Waals surface area (Å²) >= 11 is 0. The molecule has 1 aliphatic carbocycles. The van der Waals surface area contributed by atoms with Crippen LogP contribution in [-0.2, 0) is 4.74 Å². The lowest BCUT2D eigenvalue weighted by molar-refractivity contribution is -0.0115. The Morgan fingerprint density at radius 1 is 1.33 bits per heavy atom. The molecule has 0 aliphatic heterocycles. The van der Waals surface area contributed by atoms with Gasteiger partial charge in [0.25, 0.3) is 0 Å². The SMILES string of the molecule is COC(C)(C)C(NN)c1ccccc1C1CCC1. The molecule has 2 rings (SSSR count). The summed E-state index contributed by atoms with van der Waals surface area (Å²) in [6.07, 6.45) is 3.93. The fraction of sp³-hybridized carbons (Fsp3) is 0.600. The second-order valence-electron chi connectivity index (χ2n) is 5.66. The molecule has 1 aliphatic rings.